The van der Waals surface area contributed by atoms with Gasteiger partial charge in [-0.2, -0.15) is 5.26 Å². The molecule has 3 aromatic carbocycles. The van der Waals surface area contributed by atoms with E-state index in [1.807, 2.05) is 92.7 Å². The molecule has 5 nitrogen and oxygen atoms in total. The van der Waals surface area contributed by atoms with Gasteiger partial charge in [-0.25, -0.2) is 0 Å². The summed E-state index contributed by atoms with van der Waals surface area (Å²) in [6, 6.07) is 27.2. The molecular weight excluding hydrogens is 442 g/mol. The van der Waals surface area contributed by atoms with Crippen molar-refractivity contribution < 1.29 is 9.59 Å². The predicted molar refractivity (Wildman–Crippen MR) is 136 cm³/mol. The third kappa shape index (κ3) is 5.22. The van der Waals surface area contributed by atoms with E-state index in [4.69, 9.17) is 0 Å². The molecule has 0 aromatic heterocycles. The molecule has 1 heterocycles. The summed E-state index contributed by atoms with van der Waals surface area (Å²) in [6.07, 6.45) is 0.514. The average Bonchev–Trinajstić information content (AvgIpc) is 3.16. The number of carbonyl (C=O) groups is 2. The minimum absolute atomic E-state index is 0.0544. The standard InChI is InChI=1S/C28H25N3O2S/c1-19-8-12-21(13-9-19)16-25-27(33)31(23-14-10-20(2)11-15-23)28(34-25)24(17-29)26(32)30-18-22-6-4-3-5-7-22/h3-15,25H,16,18H2,1-2H3,(H,30,32). The molecule has 0 spiro atoms. The fraction of sp³-hybridized carbons (Fsp3) is 0.179. The van der Waals surface area contributed by atoms with Crippen molar-refractivity contribution in [1.82, 2.24) is 5.32 Å². The van der Waals surface area contributed by atoms with E-state index in [9.17, 15) is 14.9 Å². The molecule has 34 heavy (non-hydrogen) atoms. The molecule has 3 aromatic rings. The molecule has 1 aliphatic rings. The summed E-state index contributed by atoms with van der Waals surface area (Å²) in [7, 11) is 0. The van der Waals surface area contributed by atoms with Gasteiger partial charge < -0.3 is 5.32 Å². The summed E-state index contributed by atoms with van der Waals surface area (Å²) in [5.41, 5.74) is 4.77. The smallest absolute Gasteiger partial charge is 0.264 e. The number of aryl methyl sites for hydroxylation is 2. The highest BCUT2D eigenvalue weighted by molar-refractivity contribution is 8.05. The number of hydrogen-bond donors (Lipinski definition) is 1. The largest absolute Gasteiger partial charge is 0.347 e. The third-order valence-corrected chi connectivity index (χ3v) is 6.90. The first-order valence-electron chi connectivity index (χ1n) is 11.1. The quantitative estimate of drug-likeness (QED) is 0.407. The first-order valence-corrected chi connectivity index (χ1v) is 11.9. The molecule has 0 aliphatic carbocycles. The number of anilines is 1. The van der Waals surface area contributed by atoms with Crippen LogP contribution in [-0.2, 0) is 22.6 Å². The van der Waals surface area contributed by atoms with Crippen LogP contribution in [0, 0.1) is 25.2 Å². The van der Waals surface area contributed by atoms with Gasteiger partial charge in [-0.3, -0.25) is 14.5 Å². The molecular formula is C28H25N3O2S. The van der Waals surface area contributed by atoms with E-state index in [0.29, 0.717) is 23.7 Å². The normalized spacial score (nSPS) is 16.8. The van der Waals surface area contributed by atoms with E-state index in [2.05, 4.69) is 11.4 Å². The van der Waals surface area contributed by atoms with Gasteiger partial charge in [0, 0.05) is 12.2 Å². The third-order valence-electron chi connectivity index (χ3n) is 5.64. The molecule has 170 valence electrons. The van der Waals surface area contributed by atoms with Gasteiger partial charge >= 0.3 is 0 Å². The number of nitriles is 1. The van der Waals surface area contributed by atoms with Crippen LogP contribution in [0.4, 0.5) is 5.69 Å². The molecule has 1 unspecified atom stereocenters. The first kappa shape index (κ1) is 23.3. The minimum atomic E-state index is -0.491. The lowest BCUT2D eigenvalue weighted by Crippen LogP contribution is -2.32. The molecule has 0 saturated carbocycles. The summed E-state index contributed by atoms with van der Waals surface area (Å²) in [4.78, 5) is 28.1. The molecule has 6 heteroatoms. The van der Waals surface area contributed by atoms with Crippen molar-refractivity contribution >= 4 is 29.3 Å². The van der Waals surface area contributed by atoms with Gasteiger partial charge in [0.2, 0.25) is 5.91 Å². The summed E-state index contributed by atoms with van der Waals surface area (Å²) in [5.74, 6) is -0.622. The Kier molecular flexibility index (Phi) is 7.15. The molecule has 1 fully saturated rings. The van der Waals surface area contributed by atoms with E-state index in [-0.39, 0.29) is 11.5 Å². The van der Waals surface area contributed by atoms with Crippen LogP contribution in [0.5, 0.6) is 0 Å². The maximum atomic E-state index is 13.5. The Labute approximate surface area is 204 Å². The minimum Gasteiger partial charge on any atom is -0.347 e. The van der Waals surface area contributed by atoms with Crippen LogP contribution in [-0.4, -0.2) is 17.1 Å². The number of amides is 2. The van der Waals surface area contributed by atoms with Crippen molar-refractivity contribution in [3.63, 3.8) is 0 Å². The van der Waals surface area contributed by atoms with Crippen molar-refractivity contribution in [2.24, 2.45) is 0 Å². The summed E-state index contributed by atoms with van der Waals surface area (Å²) in [5, 5.41) is 12.7. The zero-order valence-electron chi connectivity index (χ0n) is 19.1. The van der Waals surface area contributed by atoms with Crippen LogP contribution in [0.3, 0.4) is 0 Å². The Balaban J connectivity index is 1.66. The maximum Gasteiger partial charge on any atom is 0.264 e. The Morgan fingerprint density at radius 3 is 2.18 bits per heavy atom. The van der Waals surface area contributed by atoms with Gasteiger partial charge in [-0.05, 0) is 43.5 Å². The molecule has 0 radical (unpaired) electrons. The lowest BCUT2D eigenvalue weighted by atomic mass is 10.1. The van der Waals surface area contributed by atoms with Crippen molar-refractivity contribution in [2.45, 2.75) is 32.1 Å². The number of nitrogens with zero attached hydrogens (tertiary/aromatic N) is 2. The maximum absolute atomic E-state index is 13.5. The Morgan fingerprint density at radius 2 is 1.56 bits per heavy atom. The zero-order chi connectivity index (χ0) is 24.1. The van der Waals surface area contributed by atoms with E-state index in [0.717, 1.165) is 22.3 Å². The summed E-state index contributed by atoms with van der Waals surface area (Å²) >= 11 is 1.28. The second-order valence-corrected chi connectivity index (χ2v) is 9.46. The van der Waals surface area contributed by atoms with Crippen LogP contribution in [0.15, 0.2) is 89.5 Å². The van der Waals surface area contributed by atoms with Gasteiger partial charge in [0.05, 0.1) is 5.25 Å². The monoisotopic (exact) mass is 467 g/mol. The topological polar surface area (TPSA) is 73.2 Å². The van der Waals surface area contributed by atoms with Crippen LogP contribution >= 0.6 is 11.8 Å². The number of nitrogens with one attached hydrogen (secondary N) is 1. The highest BCUT2D eigenvalue weighted by atomic mass is 32.2. The molecule has 1 atom stereocenters. The molecule has 1 saturated heterocycles. The highest BCUT2D eigenvalue weighted by Crippen LogP contribution is 2.42. The van der Waals surface area contributed by atoms with Crippen molar-refractivity contribution in [1.29, 1.82) is 5.26 Å². The molecule has 2 amide bonds. The molecule has 4 rings (SSSR count). The van der Waals surface area contributed by atoms with Crippen molar-refractivity contribution in [2.75, 3.05) is 4.90 Å². The zero-order valence-corrected chi connectivity index (χ0v) is 19.9. The number of thioether (sulfide) groups is 1. The predicted octanol–water partition coefficient (Wildman–Crippen LogP) is 5.05. The lowest BCUT2D eigenvalue weighted by molar-refractivity contribution is -0.117. The van der Waals surface area contributed by atoms with E-state index < -0.39 is 11.2 Å². The van der Waals surface area contributed by atoms with Crippen molar-refractivity contribution in [3.05, 3.63) is 112 Å². The highest BCUT2D eigenvalue weighted by Gasteiger charge is 2.40. The van der Waals surface area contributed by atoms with Crippen LogP contribution < -0.4 is 10.2 Å². The van der Waals surface area contributed by atoms with Gasteiger partial charge in [0.1, 0.15) is 16.7 Å². The Morgan fingerprint density at radius 1 is 0.941 bits per heavy atom. The second-order valence-electron chi connectivity index (χ2n) is 8.27. The Bertz CT molecular complexity index is 1260. The summed E-state index contributed by atoms with van der Waals surface area (Å²) in [6.45, 7) is 4.29. The van der Waals surface area contributed by atoms with Gasteiger partial charge in [-0.15, -0.1) is 0 Å². The van der Waals surface area contributed by atoms with E-state index >= 15 is 0 Å². The number of hydrogen-bond acceptors (Lipinski definition) is 4. The average molecular weight is 468 g/mol. The van der Waals surface area contributed by atoms with Crippen LogP contribution in [0.2, 0.25) is 0 Å². The first-order chi connectivity index (χ1) is 16.5. The van der Waals surface area contributed by atoms with Gasteiger partial charge in [0.25, 0.3) is 5.91 Å². The molecule has 1 aliphatic heterocycles. The molecule has 1 N–H and O–H groups in total. The SMILES string of the molecule is Cc1ccc(CC2SC(=C(C#N)C(=O)NCc3ccccc3)N(c3ccc(C)cc3)C2=O)cc1. The summed E-state index contributed by atoms with van der Waals surface area (Å²) < 4.78 is 0. The Hall–Kier alpha value is -3.82. The number of benzene rings is 3. The fourth-order valence-corrected chi connectivity index (χ4v) is 5.03. The van der Waals surface area contributed by atoms with E-state index in [1.54, 1.807) is 0 Å². The van der Waals surface area contributed by atoms with Crippen LogP contribution in [0.25, 0.3) is 0 Å². The van der Waals surface area contributed by atoms with E-state index in [1.165, 1.54) is 16.7 Å². The van der Waals surface area contributed by atoms with Crippen molar-refractivity contribution in [3.8, 4) is 6.07 Å². The number of carbonyl (C=O) groups excluding carboxylic acids is 2. The van der Waals surface area contributed by atoms with Gasteiger partial charge in [0.15, 0.2) is 0 Å². The fourth-order valence-electron chi connectivity index (χ4n) is 3.72. The number of rotatable bonds is 6. The van der Waals surface area contributed by atoms with Gasteiger partial charge in [-0.1, -0.05) is 89.6 Å². The second kappa shape index (κ2) is 10.4. The molecule has 0 bridgehead atoms. The lowest BCUT2D eigenvalue weighted by Gasteiger charge is -2.19. The van der Waals surface area contributed by atoms with Crippen LogP contribution in [0.1, 0.15) is 22.3 Å².